The van der Waals surface area contributed by atoms with Crippen molar-refractivity contribution in [3.8, 4) is 0 Å². The minimum atomic E-state index is -0.161. The number of rotatable bonds is 3. The van der Waals surface area contributed by atoms with Crippen molar-refractivity contribution >= 4 is 17.6 Å². The number of hydrogen-bond donors (Lipinski definition) is 2. The van der Waals surface area contributed by atoms with Gasteiger partial charge in [0.1, 0.15) is 16.7 Å². The number of anilines is 1. The summed E-state index contributed by atoms with van der Waals surface area (Å²) in [7, 11) is 0. The van der Waals surface area contributed by atoms with Gasteiger partial charge in [-0.15, -0.1) is 0 Å². The second kappa shape index (κ2) is 5.95. The Hall–Kier alpha value is -1.73. The standard InChI is InChI=1S/C14H20N6S/c1-8-6-9(2)17-13(16-8)21-11-7-10(20-15)18-12(19-11)14(3,4)5/h6-7H,15H2,1-5H3,(H,18,19,20). The molecule has 2 heterocycles. The lowest BCUT2D eigenvalue weighted by Crippen LogP contribution is -2.19. The molecule has 0 aliphatic rings. The average molecular weight is 304 g/mol. The predicted octanol–water partition coefficient (Wildman–Crippen LogP) is 2.62. The van der Waals surface area contributed by atoms with Crippen LogP contribution in [0.1, 0.15) is 38.0 Å². The van der Waals surface area contributed by atoms with Crippen LogP contribution >= 0.6 is 11.8 Å². The smallest absolute Gasteiger partial charge is 0.194 e. The molecule has 0 aliphatic heterocycles. The average Bonchev–Trinajstić information content (AvgIpc) is 2.36. The zero-order chi connectivity index (χ0) is 15.6. The van der Waals surface area contributed by atoms with Gasteiger partial charge in [0.2, 0.25) is 0 Å². The number of nitrogens with zero attached hydrogens (tertiary/aromatic N) is 4. The number of aryl methyl sites for hydroxylation is 2. The van der Waals surface area contributed by atoms with Crippen molar-refractivity contribution in [3.63, 3.8) is 0 Å². The van der Waals surface area contributed by atoms with Crippen LogP contribution in [0.5, 0.6) is 0 Å². The van der Waals surface area contributed by atoms with E-state index in [9.17, 15) is 0 Å². The van der Waals surface area contributed by atoms with Crippen LogP contribution in [-0.4, -0.2) is 19.9 Å². The lowest BCUT2D eigenvalue weighted by Gasteiger charge is -2.18. The van der Waals surface area contributed by atoms with E-state index in [2.05, 4.69) is 46.1 Å². The van der Waals surface area contributed by atoms with Crippen molar-refractivity contribution in [3.05, 3.63) is 29.3 Å². The van der Waals surface area contributed by atoms with Crippen molar-refractivity contribution in [1.82, 2.24) is 19.9 Å². The largest absolute Gasteiger partial charge is 0.308 e. The number of nitrogen functional groups attached to an aromatic ring is 1. The first kappa shape index (κ1) is 15.7. The van der Waals surface area contributed by atoms with E-state index in [0.29, 0.717) is 11.0 Å². The molecule has 0 bridgehead atoms. The zero-order valence-electron chi connectivity index (χ0n) is 12.9. The fourth-order valence-electron chi connectivity index (χ4n) is 1.72. The highest BCUT2D eigenvalue weighted by Crippen LogP contribution is 2.28. The minimum absolute atomic E-state index is 0.161. The summed E-state index contributed by atoms with van der Waals surface area (Å²) in [6.45, 7) is 10.1. The first-order valence-electron chi connectivity index (χ1n) is 6.64. The third-order valence-electron chi connectivity index (χ3n) is 2.68. The van der Waals surface area contributed by atoms with Crippen LogP contribution in [0, 0.1) is 13.8 Å². The lowest BCUT2D eigenvalue weighted by atomic mass is 9.96. The van der Waals surface area contributed by atoms with Gasteiger partial charge in [0.25, 0.3) is 0 Å². The van der Waals surface area contributed by atoms with E-state index >= 15 is 0 Å². The lowest BCUT2D eigenvalue weighted by molar-refractivity contribution is 0.539. The van der Waals surface area contributed by atoms with Gasteiger partial charge in [-0.05, 0) is 31.7 Å². The van der Waals surface area contributed by atoms with Gasteiger partial charge in [0, 0.05) is 22.9 Å². The highest BCUT2D eigenvalue weighted by atomic mass is 32.2. The molecule has 0 spiro atoms. The second-order valence-corrected chi connectivity index (χ2v) is 6.83. The Bertz CT molecular complexity index is 630. The predicted molar refractivity (Wildman–Crippen MR) is 84.2 cm³/mol. The Morgan fingerprint density at radius 2 is 1.62 bits per heavy atom. The SMILES string of the molecule is Cc1cc(C)nc(Sc2cc(NN)nc(C(C)(C)C)n2)n1. The monoisotopic (exact) mass is 304 g/mol. The Morgan fingerprint density at radius 1 is 1.00 bits per heavy atom. The number of hydrazine groups is 1. The summed E-state index contributed by atoms with van der Waals surface area (Å²) in [4.78, 5) is 17.8. The summed E-state index contributed by atoms with van der Waals surface area (Å²) in [6.07, 6.45) is 0. The molecule has 2 aromatic heterocycles. The van der Waals surface area contributed by atoms with Gasteiger partial charge >= 0.3 is 0 Å². The van der Waals surface area contributed by atoms with Crippen LogP contribution in [0.3, 0.4) is 0 Å². The Kier molecular flexibility index (Phi) is 4.43. The molecule has 7 heteroatoms. The van der Waals surface area contributed by atoms with E-state index in [-0.39, 0.29) is 5.41 Å². The molecule has 6 nitrogen and oxygen atoms in total. The summed E-state index contributed by atoms with van der Waals surface area (Å²) in [5, 5.41) is 1.45. The van der Waals surface area contributed by atoms with Gasteiger partial charge in [0.05, 0.1) is 0 Å². The number of hydrogen-bond acceptors (Lipinski definition) is 7. The molecule has 2 aromatic rings. The van der Waals surface area contributed by atoms with Crippen molar-refractivity contribution in [1.29, 1.82) is 0 Å². The van der Waals surface area contributed by atoms with Gasteiger partial charge < -0.3 is 5.43 Å². The quantitative estimate of drug-likeness (QED) is 0.390. The molecule has 21 heavy (non-hydrogen) atoms. The zero-order valence-corrected chi connectivity index (χ0v) is 13.7. The summed E-state index contributed by atoms with van der Waals surface area (Å²) in [6, 6.07) is 3.73. The fraction of sp³-hybridized carbons (Fsp3) is 0.429. The molecule has 0 atom stereocenters. The maximum Gasteiger partial charge on any atom is 0.194 e. The highest BCUT2D eigenvalue weighted by molar-refractivity contribution is 7.99. The van der Waals surface area contributed by atoms with Gasteiger partial charge in [0.15, 0.2) is 5.16 Å². The Balaban J connectivity index is 2.39. The minimum Gasteiger partial charge on any atom is -0.308 e. The second-order valence-electron chi connectivity index (χ2n) is 5.84. The highest BCUT2D eigenvalue weighted by Gasteiger charge is 2.19. The fourth-order valence-corrected chi connectivity index (χ4v) is 2.59. The van der Waals surface area contributed by atoms with E-state index in [1.54, 1.807) is 6.07 Å². The Morgan fingerprint density at radius 3 is 2.14 bits per heavy atom. The van der Waals surface area contributed by atoms with E-state index in [4.69, 9.17) is 5.84 Å². The molecule has 0 aromatic carbocycles. The molecule has 0 saturated carbocycles. The third-order valence-corrected chi connectivity index (χ3v) is 3.46. The molecule has 0 radical (unpaired) electrons. The molecule has 0 aliphatic carbocycles. The van der Waals surface area contributed by atoms with Gasteiger partial charge in [-0.1, -0.05) is 20.8 Å². The van der Waals surface area contributed by atoms with Crippen LogP contribution in [0.4, 0.5) is 5.82 Å². The van der Waals surface area contributed by atoms with Crippen LogP contribution in [0.15, 0.2) is 22.3 Å². The maximum absolute atomic E-state index is 5.49. The van der Waals surface area contributed by atoms with Gasteiger partial charge in [-0.2, -0.15) is 0 Å². The van der Waals surface area contributed by atoms with Crippen LogP contribution < -0.4 is 11.3 Å². The molecule has 0 saturated heterocycles. The van der Waals surface area contributed by atoms with Crippen molar-refractivity contribution in [2.24, 2.45) is 5.84 Å². The number of nitrogens with two attached hydrogens (primary N) is 1. The van der Waals surface area contributed by atoms with E-state index < -0.39 is 0 Å². The number of aromatic nitrogens is 4. The molecule has 3 N–H and O–H groups in total. The van der Waals surface area contributed by atoms with Gasteiger partial charge in [-0.3, -0.25) is 0 Å². The van der Waals surface area contributed by atoms with Crippen LogP contribution in [0.2, 0.25) is 0 Å². The molecule has 112 valence electrons. The van der Waals surface area contributed by atoms with E-state index in [0.717, 1.165) is 22.2 Å². The molecule has 2 rings (SSSR count). The summed E-state index contributed by atoms with van der Waals surface area (Å²) >= 11 is 1.41. The molecular formula is C14H20N6S. The summed E-state index contributed by atoms with van der Waals surface area (Å²) in [5.41, 5.74) is 4.30. The molecular weight excluding hydrogens is 284 g/mol. The molecule has 0 fully saturated rings. The maximum atomic E-state index is 5.49. The summed E-state index contributed by atoms with van der Waals surface area (Å²) in [5.74, 6) is 6.80. The first-order valence-corrected chi connectivity index (χ1v) is 7.46. The van der Waals surface area contributed by atoms with E-state index in [1.165, 1.54) is 11.8 Å². The Labute approximate surface area is 129 Å². The van der Waals surface area contributed by atoms with Gasteiger partial charge in [-0.25, -0.2) is 25.8 Å². The third kappa shape index (κ3) is 4.12. The van der Waals surface area contributed by atoms with Crippen LogP contribution in [-0.2, 0) is 5.41 Å². The van der Waals surface area contributed by atoms with Crippen LogP contribution in [0.25, 0.3) is 0 Å². The first-order chi connectivity index (χ1) is 9.77. The normalized spacial score (nSPS) is 11.5. The summed E-state index contributed by atoms with van der Waals surface area (Å²) < 4.78 is 0. The van der Waals surface area contributed by atoms with Crippen molar-refractivity contribution < 1.29 is 0 Å². The molecule has 0 amide bonds. The van der Waals surface area contributed by atoms with Crippen molar-refractivity contribution in [2.45, 2.75) is 50.2 Å². The van der Waals surface area contributed by atoms with Crippen molar-refractivity contribution in [2.75, 3.05) is 5.43 Å². The topological polar surface area (TPSA) is 89.6 Å². The number of nitrogens with one attached hydrogen (secondary N) is 1. The molecule has 0 unspecified atom stereocenters. The van der Waals surface area contributed by atoms with E-state index in [1.807, 2.05) is 19.9 Å².